The first-order valence-corrected chi connectivity index (χ1v) is 5.01. The summed E-state index contributed by atoms with van der Waals surface area (Å²) in [7, 11) is 0. The summed E-state index contributed by atoms with van der Waals surface area (Å²) in [6.45, 7) is 2.00. The summed E-state index contributed by atoms with van der Waals surface area (Å²) in [5.74, 6) is -0.691. The van der Waals surface area contributed by atoms with E-state index < -0.39 is 5.97 Å². The molecule has 0 saturated heterocycles. The van der Waals surface area contributed by atoms with Gasteiger partial charge in [-0.1, -0.05) is 0 Å². The third-order valence-corrected chi connectivity index (χ3v) is 2.14. The van der Waals surface area contributed by atoms with Crippen molar-refractivity contribution in [3.63, 3.8) is 0 Å². The van der Waals surface area contributed by atoms with Crippen LogP contribution >= 0.6 is 0 Å². The van der Waals surface area contributed by atoms with Gasteiger partial charge in [-0.25, -0.2) is 0 Å². The normalized spacial score (nSPS) is 14.1. The molecule has 0 bridgehead atoms. The zero-order valence-electron chi connectivity index (χ0n) is 8.73. The van der Waals surface area contributed by atoms with Crippen LogP contribution in [0.3, 0.4) is 0 Å². The maximum atomic E-state index is 11.5. The molecule has 0 aromatic heterocycles. The Labute approximate surface area is 88.6 Å². The van der Waals surface area contributed by atoms with E-state index in [0.717, 1.165) is 12.8 Å². The first-order valence-electron chi connectivity index (χ1n) is 5.01. The number of ether oxygens (including phenoxy) is 1. The van der Waals surface area contributed by atoms with E-state index in [1.807, 2.05) is 0 Å². The number of nitriles is 1. The number of hydrogen-bond acceptors (Lipinski definition) is 4. The highest BCUT2D eigenvalue weighted by molar-refractivity contribution is 5.83. The van der Waals surface area contributed by atoms with Gasteiger partial charge in [-0.3, -0.25) is 9.59 Å². The molecule has 15 heavy (non-hydrogen) atoms. The van der Waals surface area contributed by atoms with Crippen LogP contribution in [0, 0.1) is 11.3 Å². The van der Waals surface area contributed by atoms with E-state index in [0.29, 0.717) is 6.61 Å². The number of amides is 1. The Morgan fingerprint density at radius 1 is 1.53 bits per heavy atom. The van der Waals surface area contributed by atoms with Gasteiger partial charge in [0, 0.05) is 6.04 Å². The van der Waals surface area contributed by atoms with Gasteiger partial charge in [0.2, 0.25) is 5.91 Å². The van der Waals surface area contributed by atoms with Gasteiger partial charge in [0.1, 0.15) is 13.0 Å². The molecule has 5 heteroatoms. The van der Waals surface area contributed by atoms with Gasteiger partial charge >= 0.3 is 5.97 Å². The molecular formula is C10H14N2O3. The van der Waals surface area contributed by atoms with Crippen molar-refractivity contribution < 1.29 is 14.3 Å². The van der Waals surface area contributed by atoms with Crippen LogP contribution in [0.4, 0.5) is 0 Å². The van der Waals surface area contributed by atoms with Gasteiger partial charge in [-0.15, -0.1) is 0 Å². The van der Waals surface area contributed by atoms with Crippen LogP contribution in [0.5, 0.6) is 0 Å². The molecule has 82 valence electrons. The number of rotatable bonds is 5. The second kappa shape index (κ2) is 5.35. The predicted octanol–water partition coefficient (Wildman–Crippen LogP) is 0.454. The van der Waals surface area contributed by atoms with Gasteiger partial charge in [0.25, 0.3) is 0 Å². The summed E-state index contributed by atoms with van der Waals surface area (Å²) in [5, 5.41) is 8.41. The van der Waals surface area contributed by atoms with Gasteiger partial charge in [-0.05, 0) is 19.8 Å². The van der Waals surface area contributed by atoms with Gasteiger partial charge in [0.15, 0.2) is 0 Å². The number of esters is 1. The Kier molecular flexibility index (Phi) is 4.10. The molecule has 0 aromatic carbocycles. The number of carbonyl (C=O) groups is 2. The smallest absolute Gasteiger partial charge is 0.325 e. The van der Waals surface area contributed by atoms with E-state index in [2.05, 4.69) is 0 Å². The van der Waals surface area contributed by atoms with Crippen LogP contribution < -0.4 is 0 Å². The van der Waals surface area contributed by atoms with Crippen molar-refractivity contribution in [2.45, 2.75) is 32.2 Å². The van der Waals surface area contributed by atoms with Gasteiger partial charge < -0.3 is 9.64 Å². The quantitative estimate of drug-likeness (QED) is 0.618. The molecule has 1 rings (SSSR count). The zero-order valence-corrected chi connectivity index (χ0v) is 8.73. The van der Waals surface area contributed by atoms with E-state index in [-0.39, 0.29) is 24.9 Å². The molecule has 1 amide bonds. The second-order valence-corrected chi connectivity index (χ2v) is 3.39. The molecule has 1 aliphatic rings. The van der Waals surface area contributed by atoms with Crippen molar-refractivity contribution in [3.05, 3.63) is 0 Å². The minimum atomic E-state index is -0.407. The highest BCUT2D eigenvalue weighted by atomic mass is 16.5. The largest absolute Gasteiger partial charge is 0.465 e. The van der Waals surface area contributed by atoms with E-state index in [1.54, 1.807) is 13.0 Å². The lowest BCUT2D eigenvalue weighted by Crippen LogP contribution is -2.37. The predicted molar refractivity (Wildman–Crippen MR) is 51.6 cm³/mol. The first-order chi connectivity index (χ1) is 7.19. The van der Waals surface area contributed by atoms with Gasteiger partial charge in [0.05, 0.1) is 12.7 Å². The molecule has 1 fully saturated rings. The van der Waals surface area contributed by atoms with Crippen molar-refractivity contribution in [2.75, 3.05) is 13.2 Å². The minimum Gasteiger partial charge on any atom is -0.465 e. The summed E-state index contributed by atoms with van der Waals surface area (Å²) in [6, 6.07) is 1.93. The van der Waals surface area contributed by atoms with Crippen molar-refractivity contribution in [1.29, 1.82) is 5.26 Å². The summed E-state index contributed by atoms with van der Waals surface area (Å²) in [4.78, 5) is 24.1. The van der Waals surface area contributed by atoms with Crippen molar-refractivity contribution in [1.82, 2.24) is 4.90 Å². The maximum absolute atomic E-state index is 11.5. The third-order valence-electron chi connectivity index (χ3n) is 2.14. The molecule has 0 atom stereocenters. The molecular weight excluding hydrogens is 196 g/mol. The maximum Gasteiger partial charge on any atom is 0.325 e. The number of carbonyl (C=O) groups excluding carboxylic acids is 2. The Hall–Kier alpha value is -1.57. The molecule has 0 aliphatic heterocycles. The molecule has 0 heterocycles. The van der Waals surface area contributed by atoms with E-state index in [9.17, 15) is 9.59 Å². The van der Waals surface area contributed by atoms with Crippen LogP contribution in [0.1, 0.15) is 26.2 Å². The average molecular weight is 210 g/mol. The fraction of sp³-hybridized carbons (Fsp3) is 0.700. The summed E-state index contributed by atoms with van der Waals surface area (Å²) in [5.41, 5.74) is 0. The molecule has 5 nitrogen and oxygen atoms in total. The first kappa shape index (κ1) is 11.5. The van der Waals surface area contributed by atoms with E-state index in [1.165, 1.54) is 4.90 Å². The average Bonchev–Trinajstić information content (AvgIpc) is 2.98. The lowest BCUT2D eigenvalue weighted by atomic mass is 10.3. The lowest BCUT2D eigenvalue weighted by Gasteiger charge is -2.19. The monoisotopic (exact) mass is 210 g/mol. The summed E-state index contributed by atoms with van der Waals surface area (Å²) < 4.78 is 4.76. The minimum absolute atomic E-state index is 0.0288. The van der Waals surface area contributed by atoms with Crippen LogP contribution in [0.15, 0.2) is 0 Å². The Morgan fingerprint density at radius 2 is 2.20 bits per heavy atom. The highest BCUT2D eigenvalue weighted by Crippen LogP contribution is 2.27. The van der Waals surface area contributed by atoms with E-state index >= 15 is 0 Å². The Bertz CT molecular complexity index is 292. The SMILES string of the molecule is CCOC(=O)CN(C(=O)CC#N)C1CC1. The molecule has 0 radical (unpaired) electrons. The van der Waals surface area contributed by atoms with Crippen LogP contribution in [0.2, 0.25) is 0 Å². The topological polar surface area (TPSA) is 70.4 Å². The molecule has 1 aliphatic carbocycles. The number of nitrogens with zero attached hydrogens (tertiary/aromatic N) is 2. The fourth-order valence-corrected chi connectivity index (χ4v) is 1.32. The van der Waals surface area contributed by atoms with Crippen LogP contribution in [-0.2, 0) is 14.3 Å². The standard InChI is InChI=1S/C10H14N2O3/c1-2-15-10(14)7-12(8-3-4-8)9(13)5-6-11/h8H,2-5,7H2,1H3. The number of hydrogen-bond donors (Lipinski definition) is 0. The zero-order chi connectivity index (χ0) is 11.3. The highest BCUT2D eigenvalue weighted by Gasteiger charge is 2.33. The Balaban J connectivity index is 2.47. The fourth-order valence-electron chi connectivity index (χ4n) is 1.32. The molecule has 0 N–H and O–H groups in total. The van der Waals surface area contributed by atoms with Crippen LogP contribution in [0.25, 0.3) is 0 Å². The van der Waals surface area contributed by atoms with Gasteiger partial charge in [-0.2, -0.15) is 5.26 Å². The second-order valence-electron chi connectivity index (χ2n) is 3.39. The third kappa shape index (κ3) is 3.58. The lowest BCUT2D eigenvalue weighted by molar-refractivity contribution is -0.149. The Morgan fingerprint density at radius 3 is 2.67 bits per heavy atom. The molecule has 0 spiro atoms. The van der Waals surface area contributed by atoms with Crippen molar-refractivity contribution in [3.8, 4) is 6.07 Å². The van der Waals surface area contributed by atoms with Crippen molar-refractivity contribution >= 4 is 11.9 Å². The van der Waals surface area contributed by atoms with Crippen LogP contribution in [-0.4, -0.2) is 36.0 Å². The molecule has 0 unspecified atom stereocenters. The molecule has 0 aromatic rings. The summed E-state index contributed by atoms with van der Waals surface area (Å²) in [6.07, 6.45) is 1.66. The van der Waals surface area contributed by atoms with E-state index in [4.69, 9.17) is 10.00 Å². The van der Waals surface area contributed by atoms with Crippen molar-refractivity contribution in [2.24, 2.45) is 0 Å². The molecule has 1 saturated carbocycles. The summed E-state index contributed by atoms with van der Waals surface area (Å²) >= 11 is 0.